The van der Waals surface area contributed by atoms with Crippen molar-refractivity contribution in [1.82, 2.24) is 0 Å². The lowest BCUT2D eigenvalue weighted by atomic mass is 9.44. The molecule has 4 N–H and O–H groups in total. The largest absolute Gasteiger partial charge is 0.458 e. The monoisotopic (exact) mass is 366 g/mol. The summed E-state index contributed by atoms with van der Waals surface area (Å²) in [6.45, 7) is 3.80. The van der Waals surface area contributed by atoms with E-state index in [0.29, 0.717) is 25.0 Å². The summed E-state index contributed by atoms with van der Waals surface area (Å²) < 4.78 is 4.98. The average Bonchev–Trinajstić information content (AvgIpc) is 3.07. The highest BCUT2D eigenvalue weighted by Crippen LogP contribution is 2.62. The van der Waals surface area contributed by atoms with Gasteiger partial charge < -0.3 is 25.2 Å². The minimum atomic E-state index is -1.12. The van der Waals surface area contributed by atoms with Crippen LogP contribution in [0.15, 0.2) is 23.3 Å². The maximum absolute atomic E-state index is 11.3. The molecule has 0 saturated heterocycles. The van der Waals surface area contributed by atoms with E-state index in [1.807, 2.05) is 13.0 Å². The molecule has 6 unspecified atom stereocenters. The van der Waals surface area contributed by atoms with Crippen LogP contribution in [0.25, 0.3) is 0 Å². The molecule has 0 bridgehead atoms. The molecule has 0 aromatic carbocycles. The van der Waals surface area contributed by atoms with Gasteiger partial charge in [-0.2, -0.15) is 0 Å². The fraction of sp³-hybridized carbons (Fsp3) is 0.750. The number of ether oxygens (including phenoxy) is 1. The van der Waals surface area contributed by atoms with Gasteiger partial charge in [0.15, 0.2) is 0 Å². The number of cyclic esters (lactones) is 1. The lowest BCUT2D eigenvalue weighted by molar-refractivity contribution is -0.209. The molecule has 0 radical (unpaired) electrons. The zero-order valence-corrected chi connectivity index (χ0v) is 15.5. The highest BCUT2D eigenvalue weighted by molar-refractivity contribution is 5.85. The van der Waals surface area contributed by atoms with Gasteiger partial charge in [-0.3, -0.25) is 0 Å². The van der Waals surface area contributed by atoms with Gasteiger partial charge in [0.25, 0.3) is 0 Å². The summed E-state index contributed by atoms with van der Waals surface area (Å²) in [5.41, 5.74) is 0.180. The van der Waals surface area contributed by atoms with Crippen LogP contribution in [-0.4, -0.2) is 58.4 Å². The molecule has 0 aromatic heterocycles. The molecule has 0 spiro atoms. The lowest BCUT2D eigenvalue weighted by Crippen LogP contribution is -2.66. The predicted molar refractivity (Wildman–Crippen MR) is 95.0 cm³/mol. The van der Waals surface area contributed by atoms with Gasteiger partial charge in [-0.05, 0) is 54.1 Å². The Morgan fingerprint density at radius 1 is 1.31 bits per heavy atom. The minimum absolute atomic E-state index is 0.0702. The summed E-state index contributed by atoms with van der Waals surface area (Å²) in [5.74, 6) is -0.566. The molecule has 6 nitrogen and oxygen atoms in total. The number of carbonyl (C=O) groups is 1. The SMILES string of the molecule is CC1C(O)C(O)C2(CO)C(CO)=CCCC2C1(C)CCC1=CC(=O)OC1. The molecule has 3 rings (SSSR count). The molecule has 1 saturated carbocycles. The van der Waals surface area contributed by atoms with Crippen molar-refractivity contribution in [3.05, 3.63) is 23.3 Å². The van der Waals surface area contributed by atoms with Crippen LogP contribution in [0.1, 0.15) is 39.5 Å². The van der Waals surface area contributed by atoms with Crippen LogP contribution in [-0.2, 0) is 9.53 Å². The third-order valence-corrected chi connectivity index (χ3v) is 7.40. The van der Waals surface area contributed by atoms with Crippen molar-refractivity contribution in [2.24, 2.45) is 22.7 Å². The number of hydrogen-bond acceptors (Lipinski definition) is 6. The molecule has 146 valence electrons. The fourth-order valence-electron chi connectivity index (χ4n) is 5.60. The first-order valence-corrected chi connectivity index (χ1v) is 9.44. The summed E-state index contributed by atoms with van der Waals surface area (Å²) in [5, 5.41) is 41.9. The molecule has 6 heteroatoms. The van der Waals surface area contributed by atoms with Gasteiger partial charge in [-0.25, -0.2) is 4.79 Å². The topological polar surface area (TPSA) is 107 Å². The fourth-order valence-corrected chi connectivity index (χ4v) is 5.60. The van der Waals surface area contributed by atoms with E-state index in [9.17, 15) is 25.2 Å². The van der Waals surface area contributed by atoms with Crippen LogP contribution in [0.3, 0.4) is 0 Å². The molecule has 1 fully saturated rings. The number of fused-ring (bicyclic) bond motifs is 1. The number of esters is 1. The zero-order chi connectivity index (χ0) is 19.1. The molecule has 26 heavy (non-hydrogen) atoms. The van der Waals surface area contributed by atoms with Gasteiger partial charge >= 0.3 is 5.97 Å². The van der Waals surface area contributed by atoms with Gasteiger partial charge in [-0.1, -0.05) is 19.9 Å². The number of aliphatic hydroxyl groups is 4. The molecule has 2 aliphatic carbocycles. The van der Waals surface area contributed by atoms with Crippen molar-refractivity contribution in [2.45, 2.75) is 51.7 Å². The molecule has 1 heterocycles. The van der Waals surface area contributed by atoms with Crippen LogP contribution in [0.4, 0.5) is 0 Å². The second kappa shape index (κ2) is 7.08. The Morgan fingerprint density at radius 3 is 2.62 bits per heavy atom. The molecule has 0 amide bonds. The van der Waals surface area contributed by atoms with E-state index in [1.165, 1.54) is 6.08 Å². The van der Waals surface area contributed by atoms with E-state index in [0.717, 1.165) is 18.4 Å². The second-order valence-corrected chi connectivity index (χ2v) is 8.36. The Hall–Kier alpha value is -1.21. The van der Waals surface area contributed by atoms with Crippen molar-refractivity contribution < 1.29 is 30.0 Å². The zero-order valence-electron chi connectivity index (χ0n) is 15.5. The standard InChI is InChI=1S/C20H30O6/c1-12-17(24)18(25)20(11-22)14(9-21)4-3-5-15(20)19(12,2)7-6-13-8-16(23)26-10-13/h4,8,12,15,17-18,21-22,24-25H,3,5-7,9-11H2,1-2H3. The van der Waals surface area contributed by atoms with Gasteiger partial charge in [0.1, 0.15) is 6.61 Å². The van der Waals surface area contributed by atoms with Gasteiger partial charge in [0, 0.05) is 11.5 Å². The Balaban J connectivity index is 1.97. The van der Waals surface area contributed by atoms with Crippen LogP contribution >= 0.6 is 0 Å². The molecule has 3 aliphatic rings. The summed E-state index contributed by atoms with van der Waals surface area (Å²) in [4.78, 5) is 11.3. The van der Waals surface area contributed by atoms with Gasteiger partial charge in [0.2, 0.25) is 0 Å². The Morgan fingerprint density at radius 2 is 2.04 bits per heavy atom. The quantitative estimate of drug-likeness (QED) is 0.426. The predicted octanol–water partition coefficient (Wildman–Crippen LogP) is 0.935. The normalized spacial score (nSPS) is 42.8. The highest BCUT2D eigenvalue weighted by atomic mass is 16.5. The van der Waals surface area contributed by atoms with E-state index in [4.69, 9.17) is 4.74 Å². The van der Waals surface area contributed by atoms with Crippen molar-refractivity contribution in [3.8, 4) is 0 Å². The Bertz CT molecular complexity index is 626. The number of aliphatic hydroxyl groups excluding tert-OH is 4. The van der Waals surface area contributed by atoms with Crippen LogP contribution in [0, 0.1) is 22.7 Å². The minimum Gasteiger partial charge on any atom is -0.458 e. The second-order valence-electron chi connectivity index (χ2n) is 8.36. The van der Waals surface area contributed by atoms with Crippen molar-refractivity contribution in [2.75, 3.05) is 19.8 Å². The first-order valence-electron chi connectivity index (χ1n) is 9.44. The van der Waals surface area contributed by atoms with Gasteiger partial charge in [0.05, 0.1) is 25.4 Å². The maximum Gasteiger partial charge on any atom is 0.331 e. The van der Waals surface area contributed by atoms with E-state index in [2.05, 4.69) is 6.92 Å². The molecule has 0 aromatic rings. The number of rotatable bonds is 5. The molecular formula is C20H30O6. The smallest absolute Gasteiger partial charge is 0.331 e. The van der Waals surface area contributed by atoms with Crippen LogP contribution < -0.4 is 0 Å². The average molecular weight is 366 g/mol. The maximum atomic E-state index is 11.3. The van der Waals surface area contributed by atoms with E-state index < -0.39 is 17.6 Å². The number of allylic oxidation sites excluding steroid dienone is 1. The van der Waals surface area contributed by atoms with Crippen molar-refractivity contribution in [3.63, 3.8) is 0 Å². The van der Waals surface area contributed by atoms with Crippen molar-refractivity contribution >= 4 is 5.97 Å². The summed E-state index contributed by atoms with van der Waals surface area (Å²) in [6.07, 6.45) is 4.26. The first kappa shape index (κ1) is 19.5. The van der Waals surface area contributed by atoms with E-state index in [1.54, 1.807) is 0 Å². The highest BCUT2D eigenvalue weighted by Gasteiger charge is 2.63. The van der Waals surface area contributed by atoms with E-state index in [-0.39, 0.29) is 36.4 Å². The molecule has 6 atom stereocenters. The van der Waals surface area contributed by atoms with Crippen LogP contribution in [0.5, 0.6) is 0 Å². The van der Waals surface area contributed by atoms with Crippen molar-refractivity contribution in [1.29, 1.82) is 0 Å². The first-order chi connectivity index (χ1) is 12.3. The summed E-state index contributed by atoms with van der Waals surface area (Å²) in [7, 11) is 0. The summed E-state index contributed by atoms with van der Waals surface area (Å²) >= 11 is 0. The Kier molecular flexibility index (Phi) is 5.32. The lowest BCUT2D eigenvalue weighted by Gasteiger charge is -2.62. The van der Waals surface area contributed by atoms with Gasteiger partial charge in [-0.15, -0.1) is 0 Å². The third-order valence-electron chi connectivity index (χ3n) is 7.40. The number of carbonyl (C=O) groups excluding carboxylic acids is 1. The number of hydrogen-bond donors (Lipinski definition) is 4. The Labute approximate surface area is 154 Å². The molecular weight excluding hydrogens is 336 g/mol. The summed E-state index contributed by atoms with van der Waals surface area (Å²) in [6, 6.07) is 0. The van der Waals surface area contributed by atoms with E-state index >= 15 is 0 Å². The third kappa shape index (κ3) is 2.74. The van der Waals surface area contributed by atoms with Crippen LogP contribution in [0.2, 0.25) is 0 Å². The molecule has 1 aliphatic heterocycles.